The van der Waals surface area contributed by atoms with Crippen LogP contribution in [0.15, 0.2) is 29.7 Å². The van der Waals surface area contributed by atoms with Gasteiger partial charge in [0.15, 0.2) is 0 Å². The fraction of sp³-hybridized carbons (Fsp3) is 0.364. The Hall–Kier alpha value is -1.31. The molecule has 2 heteroatoms. The Morgan fingerprint density at radius 3 is 2.62 bits per heavy atom. The Morgan fingerprint density at radius 1 is 1.54 bits per heavy atom. The fourth-order valence-electron chi connectivity index (χ4n) is 1.25. The fourth-order valence-corrected chi connectivity index (χ4v) is 1.25. The van der Waals surface area contributed by atoms with Crippen LogP contribution in [0.25, 0.3) is 5.70 Å². The van der Waals surface area contributed by atoms with Gasteiger partial charge in [0.1, 0.15) is 0 Å². The van der Waals surface area contributed by atoms with Gasteiger partial charge in [0.05, 0.1) is 0 Å². The van der Waals surface area contributed by atoms with Crippen molar-refractivity contribution in [1.82, 2.24) is 4.57 Å². The van der Waals surface area contributed by atoms with Crippen LogP contribution in [0.1, 0.15) is 32.3 Å². The monoisotopic (exact) mass is 177 g/mol. The summed E-state index contributed by atoms with van der Waals surface area (Å²) in [6.45, 7) is 9.60. The molecule has 0 unspecified atom stereocenters. The molecule has 1 rings (SSSR count). The Kier molecular flexibility index (Phi) is 2.71. The molecule has 2 nitrogen and oxygen atoms in total. The van der Waals surface area contributed by atoms with Crippen LogP contribution >= 0.6 is 0 Å². The van der Waals surface area contributed by atoms with Gasteiger partial charge in [0.2, 0.25) is 0 Å². The highest BCUT2D eigenvalue weighted by atomic mass is 16.1. The number of hydrogen-bond acceptors (Lipinski definition) is 1. The smallest absolute Gasteiger partial charge is 0.258 e. The highest BCUT2D eigenvalue weighted by molar-refractivity contribution is 5.38. The molecule has 0 spiro atoms. The topological polar surface area (TPSA) is 22.0 Å². The van der Waals surface area contributed by atoms with Gasteiger partial charge in [-0.05, 0) is 18.9 Å². The average molecular weight is 177 g/mol. The normalized spacial score (nSPS) is 10.5. The van der Waals surface area contributed by atoms with E-state index >= 15 is 0 Å². The minimum Gasteiger partial charge on any atom is -0.289 e. The zero-order chi connectivity index (χ0) is 10.0. The first-order valence-electron chi connectivity index (χ1n) is 4.41. The Morgan fingerprint density at radius 2 is 2.15 bits per heavy atom. The van der Waals surface area contributed by atoms with Crippen molar-refractivity contribution < 1.29 is 0 Å². The number of nitrogens with zero attached hydrogens (tertiary/aromatic N) is 1. The van der Waals surface area contributed by atoms with Crippen LogP contribution in [0.5, 0.6) is 0 Å². The predicted molar refractivity (Wildman–Crippen MR) is 55.8 cm³/mol. The molecule has 0 aliphatic heterocycles. The Bertz CT molecular complexity index is 374. The largest absolute Gasteiger partial charge is 0.289 e. The van der Waals surface area contributed by atoms with E-state index in [1.54, 1.807) is 10.8 Å². The molecular formula is C11H15NO. The van der Waals surface area contributed by atoms with Crippen LogP contribution in [-0.2, 0) is 0 Å². The number of hydrogen-bond donors (Lipinski definition) is 0. The molecule has 0 saturated carbocycles. The predicted octanol–water partition coefficient (Wildman–Crippen LogP) is 2.46. The first-order chi connectivity index (χ1) is 6.04. The second-order valence-electron chi connectivity index (χ2n) is 3.53. The zero-order valence-electron chi connectivity index (χ0n) is 8.37. The van der Waals surface area contributed by atoms with E-state index in [2.05, 4.69) is 6.58 Å². The Balaban J connectivity index is 3.36. The molecule has 70 valence electrons. The van der Waals surface area contributed by atoms with E-state index in [9.17, 15) is 4.79 Å². The zero-order valence-corrected chi connectivity index (χ0v) is 8.37. The molecule has 1 heterocycles. The van der Waals surface area contributed by atoms with Crippen LogP contribution in [-0.4, -0.2) is 4.57 Å². The van der Waals surface area contributed by atoms with E-state index in [4.69, 9.17) is 0 Å². The van der Waals surface area contributed by atoms with E-state index < -0.39 is 0 Å². The van der Waals surface area contributed by atoms with Gasteiger partial charge in [-0.15, -0.1) is 0 Å². The van der Waals surface area contributed by atoms with Crippen molar-refractivity contribution in [2.24, 2.45) is 0 Å². The molecule has 0 N–H and O–H groups in total. The first kappa shape index (κ1) is 9.78. The molecule has 0 aliphatic rings. The third-order valence-electron chi connectivity index (χ3n) is 2.01. The SMILES string of the molecule is C=C(C)n1cccc(C(C)C)c1=O. The van der Waals surface area contributed by atoms with E-state index in [1.165, 1.54) is 0 Å². The molecule has 13 heavy (non-hydrogen) atoms. The molecule has 1 aromatic rings. The molecule has 0 aromatic carbocycles. The highest BCUT2D eigenvalue weighted by Crippen LogP contribution is 2.09. The number of allylic oxidation sites excluding steroid dienone is 1. The van der Waals surface area contributed by atoms with Crippen molar-refractivity contribution >= 4 is 5.70 Å². The molecule has 0 aliphatic carbocycles. The summed E-state index contributed by atoms with van der Waals surface area (Å²) >= 11 is 0. The van der Waals surface area contributed by atoms with Crippen LogP contribution in [0.4, 0.5) is 0 Å². The highest BCUT2D eigenvalue weighted by Gasteiger charge is 2.06. The molecule has 0 saturated heterocycles. The van der Waals surface area contributed by atoms with Gasteiger partial charge in [-0.2, -0.15) is 0 Å². The minimum atomic E-state index is 0.0463. The van der Waals surface area contributed by atoms with Crippen molar-refractivity contribution in [2.75, 3.05) is 0 Å². The second kappa shape index (κ2) is 3.60. The molecule has 0 amide bonds. The molecule has 1 aromatic heterocycles. The lowest BCUT2D eigenvalue weighted by molar-refractivity contribution is 0.823. The third kappa shape index (κ3) is 1.89. The maximum Gasteiger partial charge on any atom is 0.258 e. The first-order valence-corrected chi connectivity index (χ1v) is 4.41. The molecule has 0 radical (unpaired) electrons. The molecule has 0 fully saturated rings. The second-order valence-corrected chi connectivity index (χ2v) is 3.53. The summed E-state index contributed by atoms with van der Waals surface area (Å²) in [5, 5.41) is 0. The van der Waals surface area contributed by atoms with Crippen LogP contribution in [0.3, 0.4) is 0 Å². The van der Waals surface area contributed by atoms with Crippen molar-refractivity contribution in [1.29, 1.82) is 0 Å². The molecule has 0 bridgehead atoms. The van der Waals surface area contributed by atoms with Crippen molar-refractivity contribution in [3.05, 3.63) is 40.8 Å². The van der Waals surface area contributed by atoms with Gasteiger partial charge >= 0.3 is 0 Å². The maximum atomic E-state index is 11.8. The maximum absolute atomic E-state index is 11.8. The van der Waals surface area contributed by atoms with Crippen molar-refractivity contribution in [3.8, 4) is 0 Å². The molecular weight excluding hydrogens is 162 g/mol. The quantitative estimate of drug-likeness (QED) is 0.680. The van der Waals surface area contributed by atoms with Crippen molar-refractivity contribution in [3.63, 3.8) is 0 Å². The summed E-state index contributed by atoms with van der Waals surface area (Å²) in [7, 11) is 0. The lowest BCUT2D eigenvalue weighted by atomic mass is 10.1. The summed E-state index contributed by atoms with van der Waals surface area (Å²) < 4.78 is 1.58. The Labute approximate surface area is 78.5 Å². The van der Waals surface area contributed by atoms with Crippen molar-refractivity contribution in [2.45, 2.75) is 26.7 Å². The van der Waals surface area contributed by atoms with Gasteiger partial charge in [-0.3, -0.25) is 9.36 Å². The van der Waals surface area contributed by atoms with E-state index in [1.807, 2.05) is 32.9 Å². The van der Waals surface area contributed by atoms with Gasteiger partial charge in [0, 0.05) is 17.5 Å². The van der Waals surface area contributed by atoms with Gasteiger partial charge in [0.25, 0.3) is 5.56 Å². The minimum absolute atomic E-state index is 0.0463. The van der Waals surface area contributed by atoms with Crippen LogP contribution < -0.4 is 5.56 Å². The van der Waals surface area contributed by atoms with E-state index in [0.717, 1.165) is 11.3 Å². The van der Waals surface area contributed by atoms with E-state index in [-0.39, 0.29) is 11.5 Å². The average Bonchev–Trinajstić information content (AvgIpc) is 2.03. The summed E-state index contributed by atoms with van der Waals surface area (Å²) in [6, 6.07) is 3.75. The lowest BCUT2D eigenvalue weighted by Gasteiger charge is -2.08. The summed E-state index contributed by atoms with van der Waals surface area (Å²) in [6.07, 6.45) is 1.75. The van der Waals surface area contributed by atoms with Crippen LogP contribution in [0, 0.1) is 0 Å². The number of pyridine rings is 1. The van der Waals surface area contributed by atoms with Gasteiger partial charge in [-0.1, -0.05) is 26.5 Å². The summed E-state index contributed by atoms with van der Waals surface area (Å²) in [5.41, 5.74) is 1.64. The van der Waals surface area contributed by atoms with Gasteiger partial charge < -0.3 is 0 Å². The third-order valence-corrected chi connectivity index (χ3v) is 2.01. The molecule has 0 atom stereocenters. The summed E-state index contributed by atoms with van der Waals surface area (Å²) in [4.78, 5) is 11.8. The number of aromatic nitrogens is 1. The number of rotatable bonds is 2. The van der Waals surface area contributed by atoms with Crippen LogP contribution in [0.2, 0.25) is 0 Å². The van der Waals surface area contributed by atoms with E-state index in [0.29, 0.717) is 0 Å². The summed E-state index contributed by atoms with van der Waals surface area (Å²) in [5.74, 6) is 0.263. The van der Waals surface area contributed by atoms with Gasteiger partial charge in [-0.25, -0.2) is 0 Å². The standard InChI is InChI=1S/C11H15NO/c1-8(2)10-6-5-7-12(9(3)4)11(10)13/h5-8H,3H2,1-2,4H3. The lowest BCUT2D eigenvalue weighted by Crippen LogP contribution is -2.21.